The molecular formula is C26H33N7O. The maximum Gasteiger partial charge on any atom is 0.328 e. The van der Waals surface area contributed by atoms with Crippen molar-refractivity contribution in [2.24, 2.45) is 10.9 Å². The number of hydrogen-bond donors (Lipinski definition) is 1. The van der Waals surface area contributed by atoms with Crippen LogP contribution in [0.5, 0.6) is 0 Å². The molecule has 3 aromatic rings. The molecule has 0 saturated heterocycles. The van der Waals surface area contributed by atoms with Gasteiger partial charge in [0.1, 0.15) is 0 Å². The lowest BCUT2D eigenvalue weighted by molar-refractivity contribution is 0.382. The van der Waals surface area contributed by atoms with E-state index < -0.39 is 0 Å². The van der Waals surface area contributed by atoms with Crippen LogP contribution >= 0.6 is 0 Å². The van der Waals surface area contributed by atoms with Crippen LogP contribution in [0.3, 0.4) is 0 Å². The minimum Gasteiger partial charge on any atom is -0.296 e. The number of aliphatic imine (C=N–C) groups is 1. The number of hydrogen-bond acceptors (Lipinski definition) is 5. The van der Waals surface area contributed by atoms with Crippen LogP contribution in [0.15, 0.2) is 52.5 Å². The Bertz CT molecular complexity index is 1240. The lowest BCUT2D eigenvalue weighted by atomic mass is 9.76. The molecule has 1 fully saturated rings. The molecule has 0 spiro atoms. The van der Waals surface area contributed by atoms with Crippen molar-refractivity contribution in [2.75, 3.05) is 0 Å². The molecule has 1 aromatic carbocycles. The Kier molecular flexibility index (Phi) is 6.30. The molecule has 178 valence electrons. The first-order valence-electron chi connectivity index (χ1n) is 12.5. The molecule has 1 aliphatic heterocycles. The van der Waals surface area contributed by atoms with Crippen LogP contribution in [0.4, 0.5) is 0 Å². The molecule has 0 radical (unpaired) electrons. The van der Waals surface area contributed by atoms with Crippen molar-refractivity contribution in [3.8, 4) is 11.4 Å². The third kappa shape index (κ3) is 4.17. The van der Waals surface area contributed by atoms with Crippen LogP contribution < -0.4 is 5.69 Å². The second-order valence-electron chi connectivity index (χ2n) is 9.80. The molecule has 0 amide bonds. The van der Waals surface area contributed by atoms with E-state index in [0.29, 0.717) is 24.3 Å². The number of aromatic amines is 1. The van der Waals surface area contributed by atoms with E-state index in [-0.39, 0.29) is 11.1 Å². The molecule has 8 nitrogen and oxygen atoms in total. The highest BCUT2D eigenvalue weighted by Crippen LogP contribution is 2.37. The number of unbranched alkanes of at least 4 members (excludes halogenated alkanes) is 1. The quantitative estimate of drug-likeness (QED) is 0.538. The zero-order chi connectivity index (χ0) is 23.5. The molecule has 1 N–H and O–H groups in total. The Balaban J connectivity index is 1.57. The van der Waals surface area contributed by atoms with Gasteiger partial charge in [-0.1, -0.05) is 51.0 Å². The maximum atomic E-state index is 13.8. The van der Waals surface area contributed by atoms with Crippen molar-refractivity contribution >= 4 is 6.21 Å². The smallest absolute Gasteiger partial charge is 0.296 e. The molecule has 1 saturated carbocycles. The first-order valence-corrected chi connectivity index (χ1v) is 12.5. The summed E-state index contributed by atoms with van der Waals surface area (Å²) in [6.07, 6.45) is 15.4. The van der Waals surface area contributed by atoms with E-state index in [1.807, 2.05) is 33.7 Å². The second-order valence-corrected chi connectivity index (χ2v) is 9.80. The number of nitrogens with zero attached hydrogens (tertiary/aromatic N) is 6. The third-order valence-corrected chi connectivity index (χ3v) is 7.57. The van der Waals surface area contributed by atoms with Crippen molar-refractivity contribution in [2.45, 2.75) is 76.8 Å². The average molecular weight is 460 g/mol. The summed E-state index contributed by atoms with van der Waals surface area (Å²) in [5, 5.41) is 14.5. The predicted octanol–water partition coefficient (Wildman–Crippen LogP) is 4.46. The Morgan fingerprint density at radius 2 is 2.18 bits per heavy atom. The lowest BCUT2D eigenvalue weighted by Crippen LogP contribution is -2.38. The molecule has 1 aliphatic carbocycles. The Labute approximate surface area is 199 Å². The summed E-state index contributed by atoms with van der Waals surface area (Å²) in [6, 6.07) is 8.55. The van der Waals surface area contributed by atoms with Crippen molar-refractivity contribution in [1.29, 1.82) is 0 Å². The van der Waals surface area contributed by atoms with E-state index in [0.717, 1.165) is 48.9 Å². The van der Waals surface area contributed by atoms with Gasteiger partial charge in [0.25, 0.3) is 0 Å². The summed E-state index contributed by atoms with van der Waals surface area (Å²) in [5.41, 5.74) is 2.90. The topological polar surface area (TPSA) is 93.8 Å². The first-order chi connectivity index (χ1) is 16.6. The van der Waals surface area contributed by atoms with Gasteiger partial charge in [-0.3, -0.25) is 14.1 Å². The van der Waals surface area contributed by atoms with Crippen LogP contribution in [0.25, 0.3) is 11.4 Å². The number of rotatable bonds is 8. The fourth-order valence-corrected chi connectivity index (χ4v) is 5.54. The highest BCUT2D eigenvalue weighted by atomic mass is 16.1. The molecule has 0 bridgehead atoms. The van der Waals surface area contributed by atoms with Crippen LogP contribution in [-0.4, -0.2) is 36.0 Å². The van der Waals surface area contributed by atoms with Gasteiger partial charge < -0.3 is 0 Å². The molecule has 34 heavy (non-hydrogen) atoms. The van der Waals surface area contributed by atoms with Gasteiger partial charge in [0.2, 0.25) is 5.82 Å². The molecular weight excluding hydrogens is 426 g/mol. The van der Waals surface area contributed by atoms with E-state index in [1.54, 1.807) is 0 Å². The number of allylic oxidation sites excluding steroid dienone is 1. The van der Waals surface area contributed by atoms with E-state index >= 15 is 0 Å². The summed E-state index contributed by atoms with van der Waals surface area (Å²) in [4.78, 5) is 18.2. The van der Waals surface area contributed by atoms with Gasteiger partial charge in [-0.25, -0.2) is 4.79 Å². The molecule has 3 unspecified atom stereocenters. The number of aromatic nitrogens is 6. The zero-order valence-electron chi connectivity index (χ0n) is 20.0. The van der Waals surface area contributed by atoms with E-state index in [1.165, 1.54) is 12.8 Å². The highest BCUT2D eigenvalue weighted by molar-refractivity contribution is 5.65. The van der Waals surface area contributed by atoms with E-state index in [9.17, 15) is 4.79 Å². The van der Waals surface area contributed by atoms with Crippen LogP contribution in [0.2, 0.25) is 0 Å². The molecule has 3 heterocycles. The number of H-pyrrole nitrogens is 1. The number of benzene rings is 1. The summed E-state index contributed by atoms with van der Waals surface area (Å²) in [7, 11) is 0. The molecule has 2 aliphatic rings. The summed E-state index contributed by atoms with van der Waals surface area (Å²) in [5.74, 6) is 1.10. The lowest BCUT2D eigenvalue weighted by Gasteiger charge is -2.32. The van der Waals surface area contributed by atoms with Gasteiger partial charge >= 0.3 is 5.69 Å². The SMILES string of the molecule is CCCCc1cn(C2CCCC2C)c(=O)n1CC1(c2cccc(-c3nn[nH]n3)c2)C=CN=CC1. The first kappa shape index (κ1) is 22.5. The zero-order valence-corrected chi connectivity index (χ0v) is 20.0. The Morgan fingerprint density at radius 1 is 1.26 bits per heavy atom. The summed E-state index contributed by atoms with van der Waals surface area (Å²) >= 11 is 0. The number of aryl methyl sites for hydroxylation is 1. The molecule has 8 heteroatoms. The number of tetrazole rings is 1. The van der Waals surface area contributed by atoms with Gasteiger partial charge in [-0.2, -0.15) is 5.21 Å². The highest BCUT2D eigenvalue weighted by Gasteiger charge is 2.34. The second kappa shape index (κ2) is 9.52. The molecule has 3 atom stereocenters. The van der Waals surface area contributed by atoms with Gasteiger partial charge in [-0.15, -0.1) is 10.2 Å². The molecule has 5 rings (SSSR count). The monoisotopic (exact) mass is 459 g/mol. The Hall–Kier alpha value is -3.29. The van der Waals surface area contributed by atoms with Crippen molar-refractivity contribution < 1.29 is 0 Å². The van der Waals surface area contributed by atoms with Gasteiger partial charge in [0, 0.05) is 47.9 Å². The number of imidazole rings is 1. The van der Waals surface area contributed by atoms with Crippen LogP contribution in [0.1, 0.15) is 69.7 Å². The van der Waals surface area contributed by atoms with Gasteiger partial charge in [0.05, 0.1) is 0 Å². The standard InChI is InChI=1S/C26H33N7O/c1-3-4-10-22-17-32(23-11-5-7-19(23)2)25(34)33(22)18-26(12-14-27-15-13-26)21-9-6-8-20(16-21)24-28-30-31-29-24/h6,8-9,12,14-17,19,23H,3-5,7,10-11,13,18H2,1-2H3,(H,28,29,30,31). The van der Waals surface area contributed by atoms with Crippen molar-refractivity contribution in [3.63, 3.8) is 0 Å². The van der Waals surface area contributed by atoms with Crippen LogP contribution in [0, 0.1) is 5.92 Å². The fraction of sp³-hybridized carbons (Fsp3) is 0.500. The minimum absolute atomic E-state index is 0.120. The minimum atomic E-state index is -0.375. The fourth-order valence-electron chi connectivity index (χ4n) is 5.54. The summed E-state index contributed by atoms with van der Waals surface area (Å²) < 4.78 is 4.07. The average Bonchev–Trinajstić information content (AvgIpc) is 3.61. The maximum absolute atomic E-state index is 13.8. The summed E-state index contributed by atoms with van der Waals surface area (Å²) in [6.45, 7) is 5.05. The largest absolute Gasteiger partial charge is 0.328 e. The normalized spacial score (nSPS) is 24.2. The Morgan fingerprint density at radius 3 is 2.88 bits per heavy atom. The van der Waals surface area contributed by atoms with Crippen LogP contribution in [-0.2, 0) is 18.4 Å². The molecule has 2 aromatic heterocycles. The number of nitrogens with one attached hydrogen (secondary N) is 1. The van der Waals surface area contributed by atoms with Gasteiger partial charge in [0.15, 0.2) is 0 Å². The predicted molar refractivity (Wildman–Crippen MR) is 133 cm³/mol. The van der Waals surface area contributed by atoms with Crippen molar-refractivity contribution in [1.82, 2.24) is 29.8 Å². The van der Waals surface area contributed by atoms with E-state index in [4.69, 9.17) is 0 Å². The van der Waals surface area contributed by atoms with E-state index in [2.05, 4.69) is 63.9 Å². The van der Waals surface area contributed by atoms with Gasteiger partial charge in [-0.05, 0) is 54.9 Å². The third-order valence-electron chi connectivity index (χ3n) is 7.57. The van der Waals surface area contributed by atoms with Crippen molar-refractivity contribution in [3.05, 3.63) is 64.5 Å².